The van der Waals surface area contributed by atoms with Gasteiger partial charge in [-0.25, -0.2) is 0 Å². The van der Waals surface area contributed by atoms with Crippen molar-refractivity contribution in [2.45, 2.75) is 44.6 Å². The van der Waals surface area contributed by atoms with Crippen molar-refractivity contribution >= 4 is 11.5 Å². The Balaban J connectivity index is 1.46. The highest BCUT2D eigenvalue weighted by molar-refractivity contribution is 5.82. The molecule has 6 nitrogen and oxygen atoms in total. The SMILES string of the molecule is COCC(C)(COC)C(=O)N(C)CCCN(C)CC[C@@]1(O)C[C@@H]2CC[C@H]1C=C2c1ccccc1. The summed E-state index contributed by atoms with van der Waals surface area (Å²) in [6.45, 7) is 5.00. The van der Waals surface area contributed by atoms with Crippen LogP contribution in [-0.2, 0) is 14.3 Å². The molecule has 3 aliphatic rings. The second-order valence-corrected chi connectivity index (χ2v) is 10.7. The average Bonchev–Trinajstić information content (AvgIpc) is 2.83. The molecule has 0 heterocycles. The van der Waals surface area contributed by atoms with Crippen LogP contribution in [0.15, 0.2) is 36.4 Å². The summed E-state index contributed by atoms with van der Waals surface area (Å²) in [5, 5.41) is 11.5. The van der Waals surface area contributed by atoms with Crippen LogP contribution >= 0.6 is 0 Å². The summed E-state index contributed by atoms with van der Waals surface area (Å²) in [4.78, 5) is 17.0. The standard InChI is InChI=1S/C28H44N2O4/c1-27(20-33-4,21-34-5)26(31)30(3)16-9-15-29(2)17-14-28(32)19-23-12-13-24(28)18-25(23)22-10-7-6-8-11-22/h6-8,10-11,18,23-24,32H,9,12-17,19-21H2,1-5H3/t23-,24-,28+/m0/s1. The van der Waals surface area contributed by atoms with Crippen molar-refractivity contribution in [3.63, 3.8) is 0 Å². The zero-order valence-electron chi connectivity index (χ0n) is 21.8. The molecular formula is C28H44N2O4. The van der Waals surface area contributed by atoms with Crippen molar-refractivity contribution < 1.29 is 19.4 Å². The zero-order chi connectivity index (χ0) is 24.8. The molecule has 3 atom stereocenters. The lowest BCUT2D eigenvalue weighted by molar-refractivity contribution is -0.146. The maximum absolute atomic E-state index is 12.9. The summed E-state index contributed by atoms with van der Waals surface area (Å²) in [7, 11) is 7.18. The first-order valence-corrected chi connectivity index (χ1v) is 12.6. The molecule has 0 radical (unpaired) electrons. The lowest BCUT2D eigenvalue weighted by atomic mass is 9.61. The van der Waals surface area contributed by atoms with Crippen LogP contribution in [0, 0.1) is 17.3 Å². The molecule has 34 heavy (non-hydrogen) atoms. The topological polar surface area (TPSA) is 62.2 Å². The third kappa shape index (κ3) is 6.28. The number of hydrogen-bond donors (Lipinski definition) is 1. The number of fused-ring (bicyclic) bond motifs is 2. The monoisotopic (exact) mass is 472 g/mol. The molecule has 3 aliphatic carbocycles. The summed E-state index contributed by atoms with van der Waals surface area (Å²) >= 11 is 0. The second-order valence-electron chi connectivity index (χ2n) is 10.7. The molecule has 1 fully saturated rings. The van der Waals surface area contributed by atoms with Crippen molar-refractivity contribution in [3.05, 3.63) is 42.0 Å². The van der Waals surface area contributed by atoms with E-state index in [0.717, 1.165) is 38.8 Å². The van der Waals surface area contributed by atoms with Crippen molar-refractivity contribution in [2.24, 2.45) is 17.3 Å². The number of rotatable bonds is 13. The number of amides is 1. The van der Waals surface area contributed by atoms with Crippen molar-refractivity contribution in [1.29, 1.82) is 0 Å². The van der Waals surface area contributed by atoms with E-state index in [0.29, 0.717) is 25.7 Å². The molecule has 0 aromatic heterocycles. The first-order valence-electron chi connectivity index (χ1n) is 12.6. The molecule has 190 valence electrons. The molecule has 1 amide bonds. The van der Waals surface area contributed by atoms with Crippen LogP contribution in [0.2, 0.25) is 0 Å². The molecule has 1 aromatic rings. The van der Waals surface area contributed by atoms with Gasteiger partial charge in [-0.15, -0.1) is 0 Å². The first-order chi connectivity index (χ1) is 16.2. The number of allylic oxidation sites excluding steroid dienone is 1. The highest BCUT2D eigenvalue weighted by atomic mass is 16.5. The molecule has 1 N–H and O–H groups in total. The third-order valence-corrected chi connectivity index (χ3v) is 7.79. The average molecular weight is 473 g/mol. The number of carbonyl (C=O) groups is 1. The normalized spacial score (nSPS) is 24.4. The third-order valence-electron chi connectivity index (χ3n) is 7.79. The van der Waals surface area contributed by atoms with E-state index < -0.39 is 11.0 Å². The summed E-state index contributed by atoms with van der Waals surface area (Å²) in [6.07, 6.45) is 7.14. The van der Waals surface area contributed by atoms with E-state index in [2.05, 4.69) is 48.4 Å². The van der Waals surface area contributed by atoms with Crippen LogP contribution in [-0.4, -0.2) is 87.6 Å². The van der Waals surface area contributed by atoms with Crippen LogP contribution in [0.1, 0.15) is 44.6 Å². The fraction of sp³-hybridized carbons (Fsp3) is 0.679. The van der Waals surface area contributed by atoms with Gasteiger partial charge in [0.2, 0.25) is 5.91 Å². The van der Waals surface area contributed by atoms with E-state index in [1.54, 1.807) is 19.1 Å². The second kappa shape index (κ2) is 11.8. The fourth-order valence-corrected chi connectivity index (χ4v) is 5.87. The summed E-state index contributed by atoms with van der Waals surface area (Å²) in [5.74, 6) is 0.743. The minimum Gasteiger partial charge on any atom is -0.389 e. The van der Waals surface area contributed by atoms with Crippen molar-refractivity contribution in [1.82, 2.24) is 9.80 Å². The number of aliphatic hydroxyl groups is 1. The molecule has 0 saturated heterocycles. The van der Waals surface area contributed by atoms with E-state index in [-0.39, 0.29) is 11.8 Å². The van der Waals surface area contributed by atoms with Gasteiger partial charge in [0.15, 0.2) is 0 Å². The van der Waals surface area contributed by atoms with Gasteiger partial charge < -0.3 is 24.4 Å². The van der Waals surface area contributed by atoms with E-state index in [1.165, 1.54) is 17.6 Å². The molecule has 1 aromatic carbocycles. The lowest BCUT2D eigenvalue weighted by Gasteiger charge is -2.48. The zero-order valence-corrected chi connectivity index (χ0v) is 21.8. The molecular weight excluding hydrogens is 428 g/mol. The van der Waals surface area contributed by atoms with Gasteiger partial charge in [0, 0.05) is 40.3 Å². The molecule has 0 spiro atoms. The Morgan fingerprint density at radius 1 is 1.09 bits per heavy atom. The predicted octanol–water partition coefficient (Wildman–Crippen LogP) is 3.70. The van der Waals surface area contributed by atoms with Crippen LogP contribution in [0.5, 0.6) is 0 Å². The van der Waals surface area contributed by atoms with Gasteiger partial charge in [0.1, 0.15) is 0 Å². The van der Waals surface area contributed by atoms with Gasteiger partial charge in [-0.05, 0) is 69.7 Å². The van der Waals surface area contributed by atoms with E-state index in [4.69, 9.17) is 9.47 Å². The van der Waals surface area contributed by atoms with Gasteiger partial charge >= 0.3 is 0 Å². The maximum Gasteiger partial charge on any atom is 0.232 e. The maximum atomic E-state index is 12.9. The molecule has 0 aliphatic heterocycles. The Hall–Kier alpha value is -1.73. The molecule has 0 unspecified atom stereocenters. The van der Waals surface area contributed by atoms with Crippen molar-refractivity contribution in [2.75, 3.05) is 61.2 Å². The minimum absolute atomic E-state index is 0.0485. The quantitative estimate of drug-likeness (QED) is 0.474. The van der Waals surface area contributed by atoms with Crippen molar-refractivity contribution in [3.8, 4) is 0 Å². The number of benzene rings is 1. The van der Waals surface area contributed by atoms with E-state index in [1.807, 2.05) is 14.0 Å². The number of methoxy groups -OCH3 is 2. The molecule has 4 rings (SSSR count). The van der Waals surface area contributed by atoms with Gasteiger partial charge in [0.25, 0.3) is 0 Å². The van der Waals surface area contributed by atoms with Gasteiger partial charge in [0.05, 0.1) is 24.2 Å². The van der Waals surface area contributed by atoms with Crippen LogP contribution in [0.4, 0.5) is 0 Å². The van der Waals surface area contributed by atoms with Gasteiger partial charge in [-0.1, -0.05) is 36.4 Å². The van der Waals surface area contributed by atoms with Gasteiger partial charge in [-0.2, -0.15) is 0 Å². The lowest BCUT2D eigenvalue weighted by Crippen LogP contribution is -2.48. The highest BCUT2D eigenvalue weighted by Gasteiger charge is 2.46. The first kappa shape index (κ1) is 26.9. The minimum atomic E-state index is -0.667. The fourth-order valence-electron chi connectivity index (χ4n) is 5.87. The van der Waals surface area contributed by atoms with E-state index in [9.17, 15) is 9.90 Å². The highest BCUT2D eigenvalue weighted by Crippen LogP contribution is 2.51. The largest absolute Gasteiger partial charge is 0.389 e. The van der Waals surface area contributed by atoms with Gasteiger partial charge in [-0.3, -0.25) is 4.79 Å². The Labute approximate surface area is 205 Å². The summed E-state index contributed by atoms with van der Waals surface area (Å²) < 4.78 is 10.5. The predicted molar refractivity (Wildman–Crippen MR) is 136 cm³/mol. The number of carbonyl (C=O) groups excluding carboxylic acids is 1. The number of hydrogen-bond acceptors (Lipinski definition) is 5. The Morgan fingerprint density at radius 2 is 1.76 bits per heavy atom. The summed E-state index contributed by atoms with van der Waals surface area (Å²) in [6, 6.07) is 10.6. The summed E-state index contributed by atoms with van der Waals surface area (Å²) in [5.41, 5.74) is 1.46. The Morgan fingerprint density at radius 3 is 2.35 bits per heavy atom. The molecule has 6 heteroatoms. The molecule has 1 saturated carbocycles. The molecule has 2 bridgehead atoms. The number of ether oxygens (including phenoxy) is 2. The van der Waals surface area contributed by atoms with Crippen LogP contribution in [0.25, 0.3) is 5.57 Å². The number of nitrogens with zero attached hydrogens (tertiary/aromatic N) is 2. The van der Waals surface area contributed by atoms with Crippen LogP contribution < -0.4 is 0 Å². The van der Waals surface area contributed by atoms with E-state index >= 15 is 0 Å². The smallest absolute Gasteiger partial charge is 0.232 e. The van der Waals surface area contributed by atoms with Crippen LogP contribution in [0.3, 0.4) is 0 Å². The Bertz CT molecular complexity index is 821. The Kier molecular flexibility index (Phi) is 9.33.